The van der Waals surface area contributed by atoms with Crippen molar-refractivity contribution in [2.75, 3.05) is 31.6 Å². The van der Waals surface area contributed by atoms with Crippen LogP contribution in [0, 0.1) is 5.82 Å². The minimum absolute atomic E-state index is 0.00358. The summed E-state index contributed by atoms with van der Waals surface area (Å²) in [7, 11) is 1.46. The zero-order valence-electron chi connectivity index (χ0n) is 9.83. The van der Waals surface area contributed by atoms with Crippen molar-refractivity contribution in [3.8, 4) is 5.75 Å². The Morgan fingerprint density at radius 2 is 2.28 bits per heavy atom. The molecule has 0 saturated heterocycles. The molecule has 0 aromatic heterocycles. The number of halogens is 2. The minimum atomic E-state index is -0.483. The zero-order valence-corrected chi connectivity index (χ0v) is 10.6. The number of urea groups is 1. The Bertz CT molecular complexity index is 404. The van der Waals surface area contributed by atoms with Gasteiger partial charge in [0.05, 0.1) is 5.69 Å². The molecule has 18 heavy (non-hydrogen) atoms. The van der Waals surface area contributed by atoms with E-state index in [0.29, 0.717) is 18.2 Å². The Hall–Kier alpha value is -1.53. The summed E-state index contributed by atoms with van der Waals surface area (Å²) in [5.41, 5.74) is 0.221. The number of hydrogen-bond donors (Lipinski definition) is 2. The van der Waals surface area contributed by atoms with Gasteiger partial charge in [-0.3, -0.25) is 0 Å². The molecular formula is C11H14ClFN2O3. The number of anilines is 1. The van der Waals surface area contributed by atoms with Crippen LogP contribution in [-0.2, 0) is 4.74 Å². The number of carbonyl (C=O) groups is 1. The molecule has 0 heterocycles. The molecule has 0 fully saturated rings. The largest absolute Gasteiger partial charge is 0.465 e. The predicted octanol–water partition coefficient (Wildman–Crippen LogP) is 2.17. The Kier molecular flexibility index (Phi) is 6.24. The predicted molar refractivity (Wildman–Crippen MR) is 66.6 cm³/mol. The maximum atomic E-state index is 13.1. The molecule has 1 aromatic rings. The number of nitrogens with one attached hydrogen (secondary N) is 2. The average molecular weight is 277 g/mol. The Morgan fingerprint density at radius 1 is 1.50 bits per heavy atom. The summed E-state index contributed by atoms with van der Waals surface area (Å²) in [4.78, 5) is 11.4. The SMILES string of the molecule is COCOc1ccc(F)cc1NC(=O)NCCCl. The van der Waals surface area contributed by atoms with Crippen molar-refractivity contribution in [1.29, 1.82) is 0 Å². The molecule has 2 N–H and O–H groups in total. The van der Waals surface area contributed by atoms with Crippen LogP contribution in [0.4, 0.5) is 14.9 Å². The van der Waals surface area contributed by atoms with Crippen LogP contribution < -0.4 is 15.4 Å². The van der Waals surface area contributed by atoms with Gasteiger partial charge in [0.15, 0.2) is 6.79 Å². The van der Waals surface area contributed by atoms with Crippen molar-refractivity contribution in [3.63, 3.8) is 0 Å². The molecule has 0 radical (unpaired) electrons. The molecule has 100 valence electrons. The van der Waals surface area contributed by atoms with E-state index in [4.69, 9.17) is 21.1 Å². The standard InChI is InChI=1S/C11H14ClFN2O3/c1-17-7-18-10-3-2-8(13)6-9(10)15-11(16)14-5-4-12/h2-3,6H,4-5,7H2,1H3,(H2,14,15,16). The first-order chi connectivity index (χ1) is 8.67. The molecule has 7 heteroatoms. The first-order valence-corrected chi connectivity index (χ1v) is 5.73. The highest BCUT2D eigenvalue weighted by atomic mass is 35.5. The summed E-state index contributed by atoms with van der Waals surface area (Å²) in [5.74, 6) is 0.135. The number of alkyl halides is 1. The molecule has 0 spiro atoms. The van der Waals surface area contributed by atoms with E-state index >= 15 is 0 Å². The summed E-state index contributed by atoms with van der Waals surface area (Å²) in [6, 6.07) is 3.31. The van der Waals surface area contributed by atoms with Crippen molar-refractivity contribution in [1.82, 2.24) is 5.32 Å². The van der Waals surface area contributed by atoms with E-state index in [-0.39, 0.29) is 12.5 Å². The van der Waals surface area contributed by atoms with E-state index in [0.717, 1.165) is 6.07 Å². The molecule has 1 rings (SSSR count). The van der Waals surface area contributed by atoms with Crippen LogP contribution >= 0.6 is 11.6 Å². The van der Waals surface area contributed by atoms with Gasteiger partial charge in [0, 0.05) is 25.6 Å². The molecule has 0 unspecified atom stereocenters. The van der Waals surface area contributed by atoms with Crippen LogP contribution in [0.2, 0.25) is 0 Å². The molecule has 1 aromatic carbocycles. The van der Waals surface area contributed by atoms with Crippen molar-refractivity contribution in [2.24, 2.45) is 0 Å². The van der Waals surface area contributed by atoms with Crippen molar-refractivity contribution in [3.05, 3.63) is 24.0 Å². The van der Waals surface area contributed by atoms with E-state index in [2.05, 4.69) is 10.6 Å². The number of rotatable bonds is 6. The Balaban J connectivity index is 2.71. The average Bonchev–Trinajstić information content (AvgIpc) is 2.35. The smallest absolute Gasteiger partial charge is 0.319 e. The lowest BCUT2D eigenvalue weighted by molar-refractivity contribution is 0.0516. The van der Waals surface area contributed by atoms with Gasteiger partial charge in [0.1, 0.15) is 11.6 Å². The second-order valence-corrected chi connectivity index (χ2v) is 3.64. The van der Waals surface area contributed by atoms with E-state index in [1.54, 1.807) is 0 Å². The lowest BCUT2D eigenvalue weighted by atomic mass is 10.3. The quantitative estimate of drug-likeness (QED) is 0.618. The lowest BCUT2D eigenvalue weighted by Crippen LogP contribution is -2.30. The van der Waals surface area contributed by atoms with E-state index in [9.17, 15) is 9.18 Å². The maximum absolute atomic E-state index is 13.1. The van der Waals surface area contributed by atoms with Crippen molar-refractivity contribution < 1.29 is 18.7 Å². The number of methoxy groups -OCH3 is 1. The number of ether oxygens (including phenoxy) is 2. The number of amides is 2. The van der Waals surface area contributed by atoms with Crippen molar-refractivity contribution >= 4 is 23.3 Å². The van der Waals surface area contributed by atoms with Gasteiger partial charge in [-0.25, -0.2) is 9.18 Å². The molecule has 0 atom stereocenters. The molecule has 0 aliphatic heterocycles. The first kappa shape index (κ1) is 14.5. The molecule has 0 bridgehead atoms. The third kappa shape index (κ3) is 4.77. The third-order valence-electron chi connectivity index (χ3n) is 1.90. The fraction of sp³-hybridized carbons (Fsp3) is 0.364. The number of carbonyl (C=O) groups excluding carboxylic acids is 1. The fourth-order valence-electron chi connectivity index (χ4n) is 1.18. The second-order valence-electron chi connectivity index (χ2n) is 3.26. The number of benzene rings is 1. The van der Waals surface area contributed by atoms with Crippen molar-refractivity contribution in [2.45, 2.75) is 0 Å². The molecule has 5 nitrogen and oxygen atoms in total. The molecule has 2 amide bonds. The topological polar surface area (TPSA) is 59.6 Å². The summed E-state index contributed by atoms with van der Waals surface area (Å²) >= 11 is 5.43. The van der Waals surface area contributed by atoms with Gasteiger partial charge < -0.3 is 20.1 Å². The number of hydrogen-bond acceptors (Lipinski definition) is 3. The zero-order chi connectivity index (χ0) is 13.4. The van der Waals surface area contributed by atoms with E-state index in [1.807, 2.05) is 0 Å². The fourth-order valence-corrected chi connectivity index (χ4v) is 1.27. The summed E-state index contributed by atoms with van der Waals surface area (Å²) in [6.45, 7) is 0.320. The van der Waals surface area contributed by atoms with Crippen LogP contribution in [0.15, 0.2) is 18.2 Å². The summed E-state index contributed by atoms with van der Waals surface area (Å²) in [6.07, 6.45) is 0. The van der Waals surface area contributed by atoms with Crippen LogP contribution in [0.3, 0.4) is 0 Å². The lowest BCUT2D eigenvalue weighted by Gasteiger charge is -2.12. The first-order valence-electron chi connectivity index (χ1n) is 5.19. The van der Waals surface area contributed by atoms with Gasteiger partial charge in [0.25, 0.3) is 0 Å². The Labute approximate surface area is 109 Å². The molecular weight excluding hydrogens is 263 g/mol. The second kappa shape index (κ2) is 7.73. The summed E-state index contributed by atoms with van der Waals surface area (Å²) in [5, 5.41) is 4.96. The highest BCUT2D eigenvalue weighted by Crippen LogP contribution is 2.25. The molecule has 0 saturated carbocycles. The van der Waals surface area contributed by atoms with E-state index in [1.165, 1.54) is 19.2 Å². The van der Waals surface area contributed by atoms with Gasteiger partial charge >= 0.3 is 6.03 Å². The minimum Gasteiger partial charge on any atom is -0.465 e. The van der Waals surface area contributed by atoms with Gasteiger partial charge in [-0.2, -0.15) is 0 Å². The van der Waals surface area contributed by atoms with Gasteiger partial charge in [-0.1, -0.05) is 0 Å². The Morgan fingerprint density at radius 3 is 2.94 bits per heavy atom. The van der Waals surface area contributed by atoms with Crippen LogP contribution in [0.1, 0.15) is 0 Å². The van der Waals surface area contributed by atoms with Gasteiger partial charge in [0.2, 0.25) is 0 Å². The van der Waals surface area contributed by atoms with Gasteiger partial charge in [-0.05, 0) is 12.1 Å². The van der Waals surface area contributed by atoms with Crippen LogP contribution in [0.25, 0.3) is 0 Å². The highest BCUT2D eigenvalue weighted by Gasteiger charge is 2.08. The van der Waals surface area contributed by atoms with E-state index < -0.39 is 11.8 Å². The highest BCUT2D eigenvalue weighted by molar-refractivity contribution is 6.18. The van der Waals surface area contributed by atoms with Crippen LogP contribution in [-0.4, -0.2) is 32.4 Å². The van der Waals surface area contributed by atoms with Gasteiger partial charge in [-0.15, -0.1) is 11.6 Å². The third-order valence-corrected chi connectivity index (χ3v) is 2.09. The summed E-state index contributed by atoms with van der Waals surface area (Å²) < 4.78 is 23.0. The van der Waals surface area contributed by atoms with Crippen LogP contribution in [0.5, 0.6) is 5.75 Å². The maximum Gasteiger partial charge on any atom is 0.319 e. The normalized spacial score (nSPS) is 9.94. The monoisotopic (exact) mass is 276 g/mol. The molecule has 0 aliphatic rings. The molecule has 0 aliphatic carbocycles.